The third-order valence-electron chi connectivity index (χ3n) is 1.54. The Bertz CT molecular complexity index is 367. The van der Waals surface area contributed by atoms with Gasteiger partial charge in [-0.15, -0.1) is 0 Å². The summed E-state index contributed by atoms with van der Waals surface area (Å²) in [6.45, 7) is 0. The number of rotatable bonds is 2. The summed E-state index contributed by atoms with van der Waals surface area (Å²) in [5, 5.41) is 8.00. The van der Waals surface area contributed by atoms with Gasteiger partial charge < -0.3 is 4.74 Å². The third-order valence-corrected chi connectivity index (χ3v) is 1.86. The lowest BCUT2D eigenvalue weighted by Gasteiger charge is -2.05. The molecule has 0 aliphatic rings. The molecule has 0 heterocycles. The summed E-state index contributed by atoms with van der Waals surface area (Å²) in [5.74, 6) is -1.99. The Morgan fingerprint density at radius 3 is 2.71 bits per heavy atom. The Morgan fingerprint density at radius 2 is 2.21 bits per heavy atom. The van der Waals surface area contributed by atoms with E-state index in [2.05, 4.69) is 9.62 Å². The predicted molar refractivity (Wildman–Crippen MR) is 46.0 cm³/mol. The van der Waals surface area contributed by atoms with Crippen molar-refractivity contribution in [2.45, 2.75) is 0 Å². The van der Waals surface area contributed by atoms with E-state index in [1.54, 1.807) is 0 Å². The van der Waals surface area contributed by atoms with Crippen LogP contribution in [0.2, 0.25) is 5.02 Å². The van der Waals surface area contributed by atoms with Crippen LogP contribution >= 0.6 is 11.6 Å². The number of halogens is 2. The molecular formula is C8H6ClFO4. The lowest BCUT2D eigenvalue weighted by Crippen LogP contribution is -2.04. The molecule has 1 aromatic rings. The molecule has 0 aliphatic carbocycles. The van der Waals surface area contributed by atoms with Crippen LogP contribution in [0.4, 0.5) is 4.39 Å². The van der Waals surface area contributed by atoms with Gasteiger partial charge in [0, 0.05) is 6.07 Å². The lowest BCUT2D eigenvalue weighted by atomic mass is 10.2. The minimum absolute atomic E-state index is 0.0673. The van der Waals surface area contributed by atoms with Crippen molar-refractivity contribution in [3.8, 4) is 5.75 Å². The van der Waals surface area contributed by atoms with E-state index in [4.69, 9.17) is 16.9 Å². The van der Waals surface area contributed by atoms with Gasteiger partial charge in [-0.2, -0.15) is 5.26 Å². The van der Waals surface area contributed by atoms with Crippen molar-refractivity contribution in [3.05, 3.63) is 28.5 Å². The van der Waals surface area contributed by atoms with E-state index in [0.29, 0.717) is 0 Å². The average molecular weight is 221 g/mol. The number of benzene rings is 1. The van der Waals surface area contributed by atoms with Crippen LogP contribution in [0.5, 0.6) is 5.75 Å². The van der Waals surface area contributed by atoms with E-state index < -0.39 is 11.8 Å². The van der Waals surface area contributed by atoms with E-state index in [1.165, 1.54) is 7.11 Å². The van der Waals surface area contributed by atoms with Crippen LogP contribution in [0, 0.1) is 5.82 Å². The SMILES string of the molecule is COc1cc(Cl)c(C(=O)OO)cc1F. The van der Waals surface area contributed by atoms with Crippen LogP contribution in [0.1, 0.15) is 10.4 Å². The molecule has 0 saturated heterocycles. The van der Waals surface area contributed by atoms with Gasteiger partial charge in [0.25, 0.3) is 0 Å². The molecule has 0 atom stereocenters. The van der Waals surface area contributed by atoms with Gasteiger partial charge in [-0.05, 0) is 6.07 Å². The highest BCUT2D eigenvalue weighted by molar-refractivity contribution is 6.33. The summed E-state index contributed by atoms with van der Waals surface area (Å²) in [6.07, 6.45) is 0. The molecule has 0 fully saturated rings. The van der Waals surface area contributed by atoms with Crippen molar-refractivity contribution in [1.29, 1.82) is 0 Å². The van der Waals surface area contributed by atoms with Gasteiger partial charge in [-0.3, -0.25) is 4.89 Å². The van der Waals surface area contributed by atoms with E-state index >= 15 is 0 Å². The molecule has 0 bridgehead atoms. The van der Waals surface area contributed by atoms with Gasteiger partial charge in [-0.1, -0.05) is 11.6 Å². The normalized spacial score (nSPS) is 9.71. The molecule has 1 rings (SSSR count). The second-order valence-electron chi connectivity index (χ2n) is 2.35. The van der Waals surface area contributed by atoms with Gasteiger partial charge >= 0.3 is 5.97 Å². The summed E-state index contributed by atoms with van der Waals surface area (Å²) in [5.41, 5.74) is -0.271. The Kier molecular flexibility index (Phi) is 3.27. The van der Waals surface area contributed by atoms with Crippen LogP contribution in [-0.4, -0.2) is 18.3 Å². The Labute approximate surface area is 83.7 Å². The van der Waals surface area contributed by atoms with Crippen LogP contribution in [-0.2, 0) is 4.89 Å². The summed E-state index contributed by atoms with van der Waals surface area (Å²) in [6, 6.07) is 1.93. The largest absolute Gasteiger partial charge is 0.494 e. The molecule has 0 radical (unpaired) electrons. The molecule has 6 heteroatoms. The van der Waals surface area contributed by atoms with E-state index in [-0.39, 0.29) is 16.3 Å². The van der Waals surface area contributed by atoms with Crippen LogP contribution in [0.3, 0.4) is 0 Å². The third kappa shape index (κ3) is 1.94. The molecule has 14 heavy (non-hydrogen) atoms. The minimum atomic E-state index is -1.13. The first-order valence-electron chi connectivity index (χ1n) is 3.49. The van der Waals surface area contributed by atoms with Crippen molar-refractivity contribution in [1.82, 2.24) is 0 Å². The summed E-state index contributed by atoms with van der Waals surface area (Å²) < 4.78 is 17.7. The highest BCUT2D eigenvalue weighted by Gasteiger charge is 2.16. The van der Waals surface area contributed by atoms with Crippen molar-refractivity contribution >= 4 is 17.6 Å². The zero-order valence-electron chi connectivity index (χ0n) is 7.08. The van der Waals surface area contributed by atoms with Gasteiger partial charge in [0.05, 0.1) is 17.7 Å². The average Bonchev–Trinajstić information content (AvgIpc) is 2.19. The molecule has 0 aliphatic heterocycles. The first-order chi connectivity index (χ1) is 6.60. The van der Waals surface area contributed by atoms with E-state index in [9.17, 15) is 9.18 Å². The van der Waals surface area contributed by atoms with Gasteiger partial charge in [0.1, 0.15) is 0 Å². The van der Waals surface area contributed by atoms with Crippen LogP contribution in [0.25, 0.3) is 0 Å². The maximum atomic E-state index is 13.1. The quantitative estimate of drug-likeness (QED) is 0.613. The number of hydrogen-bond donors (Lipinski definition) is 1. The Balaban J connectivity index is 3.21. The first-order valence-corrected chi connectivity index (χ1v) is 3.86. The summed E-state index contributed by atoms with van der Waals surface area (Å²) in [4.78, 5) is 14.2. The molecule has 0 spiro atoms. The summed E-state index contributed by atoms with van der Waals surface area (Å²) >= 11 is 5.60. The van der Waals surface area contributed by atoms with Crippen molar-refractivity contribution < 1.29 is 24.1 Å². The number of carbonyl (C=O) groups excluding carboxylic acids is 1. The predicted octanol–water partition coefficient (Wildman–Crippen LogP) is 2.12. The standard InChI is InChI=1S/C8H6ClFO4/c1-13-7-3-5(9)4(2-6(7)10)8(11)14-12/h2-3,12H,1H3. The number of methoxy groups -OCH3 is 1. The maximum Gasteiger partial charge on any atom is 0.374 e. The second kappa shape index (κ2) is 4.26. The minimum Gasteiger partial charge on any atom is -0.494 e. The van der Waals surface area contributed by atoms with E-state index in [1.807, 2.05) is 0 Å². The van der Waals surface area contributed by atoms with Gasteiger partial charge in [0.15, 0.2) is 11.6 Å². The monoisotopic (exact) mass is 220 g/mol. The van der Waals surface area contributed by atoms with Gasteiger partial charge in [0.2, 0.25) is 0 Å². The maximum absolute atomic E-state index is 13.1. The van der Waals surface area contributed by atoms with Crippen LogP contribution < -0.4 is 4.74 Å². The molecular weight excluding hydrogens is 215 g/mol. The molecule has 76 valence electrons. The highest BCUT2D eigenvalue weighted by Crippen LogP contribution is 2.26. The first kappa shape index (κ1) is 10.7. The zero-order valence-corrected chi connectivity index (χ0v) is 7.84. The van der Waals surface area contributed by atoms with Crippen molar-refractivity contribution in [2.75, 3.05) is 7.11 Å². The lowest BCUT2D eigenvalue weighted by molar-refractivity contribution is -0.182. The van der Waals surface area contributed by atoms with E-state index in [0.717, 1.165) is 12.1 Å². The Hall–Kier alpha value is -1.33. The van der Waals surface area contributed by atoms with Crippen LogP contribution in [0.15, 0.2) is 12.1 Å². The topological polar surface area (TPSA) is 55.8 Å². The zero-order chi connectivity index (χ0) is 10.7. The molecule has 1 aromatic carbocycles. The van der Waals surface area contributed by atoms with Gasteiger partial charge in [-0.25, -0.2) is 9.18 Å². The molecule has 1 N–H and O–H groups in total. The fourth-order valence-electron chi connectivity index (χ4n) is 0.891. The summed E-state index contributed by atoms with van der Waals surface area (Å²) in [7, 11) is 1.26. The highest BCUT2D eigenvalue weighted by atomic mass is 35.5. The molecule has 0 aromatic heterocycles. The number of carbonyl (C=O) groups is 1. The fraction of sp³-hybridized carbons (Fsp3) is 0.125. The molecule has 0 saturated carbocycles. The Morgan fingerprint density at radius 1 is 1.57 bits per heavy atom. The molecule has 0 amide bonds. The van der Waals surface area contributed by atoms with Crippen molar-refractivity contribution in [2.24, 2.45) is 0 Å². The second-order valence-corrected chi connectivity index (χ2v) is 2.75. The smallest absolute Gasteiger partial charge is 0.374 e. The number of hydrogen-bond acceptors (Lipinski definition) is 4. The number of ether oxygens (including phenoxy) is 1. The fourth-order valence-corrected chi connectivity index (χ4v) is 1.12. The molecule has 4 nitrogen and oxygen atoms in total. The molecule has 0 unspecified atom stereocenters. The van der Waals surface area contributed by atoms with Crippen molar-refractivity contribution in [3.63, 3.8) is 0 Å².